The van der Waals surface area contributed by atoms with Gasteiger partial charge in [-0.15, -0.1) is 0 Å². The first-order chi connectivity index (χ1) is 13.6. The summed E-state index contributed by atoms with van der Waals surface area (Å²) in [5.41, 5.74) is 1.85. The number of carbonyl (C=O) groups excluding carboxylic acids is 1. The van der Waals surface area contributed by atoms with E-state index < -0.39 is 0 Å². The van der Waals surface area contributed by atoms with Gasteiger partial charge in [-0.05, 0) is 35.2 Å². The number of fused-ring (bicyclic) bond motifs is 1. The topological polar surface area (TPSA) is 51.1 Å². The Balaban J connectivity index is 1.62. The standard InChI is InChI=1S/C23H17ClN2O2/c24-19-8-3-5-16(13-19)14-26-15-18(11-12-22(26)27)23(28)25-21-10-4-7-17-6-1-2-9-20(17)21/h1-13,15H,14H2,(H,25,28). The van der Waals surface area contributed by atoms with Crippen molar-refractivity contribution in [3.63, 3.8) is 0 Å². The lowest BCUT2D eigenvalue weighted by Crippen LogP contribution is -2.22. The molecule has 0 aliphatic heterocycles. The summed E-state index contributed by atoms with van der Waals surface area (Å²) in [7, 11) is 0. The van der Waals surface area contributed by atoms with Gasteiger partial charge in [-0.2, -0.15) is 0 Å². The first kappa shape index (κ1) is 18.0. The molecule has 0 aliphatic carbocycles. The maximum atomic E-state index is 12.8. The van der Waals surface area contributed by atoms with Gasteiger partial charge in [0.2, 0.25) is 0 Å². The second-order valence-electron chi connectivity index (χ2n) is 6.49. The van der Waals surface area contributed by atoms with Gasteiger partial charge in [0.15, 0.2) is 0 Å². The molecule has 1 aromatic heterocycles. The van der Waals surface area contributed by atoms with E-state index in [-0.39, 0.29) is 11.5 Å². The average molecular weight is 389 g/mol. The third-order valence-electron chi connectivity index (χ3n) is 4.53. The number of carbonyl (C=O) groups is 1. The minimum absolute atomic E-state index is 0.179. The van der Waals surface area contributed by atoms with Crippen LogP contribution in [-0.4, -0.2) is 10.5 Å². The van der Waals surface area contributed by atoms with E-state index in [1.54, 1.807) is 18.3 Å². The zero-order valence-corrected chi connectivity index (χ0v) is 15.7. The number of hydrogen-bond donors (Lipinski definition) is 1. The average Bonchev–Trinajstić information content (AvgIpc) is 2.70. The first-order valence-electron chi connectivity index (χ1n) is 8.84. The maximum absolute atomic E-state index is 12.8. The van der Waals surface area contributed by atoms with E-state index in [2.05, 4.69) is 5.32 Å². The van der Waals surface area contributed by atoms with Gasteiger partial charge < -0.3 is 9.88 Å². The van der Waals surface area contributed by atoms with Crippen LogP contribution < -0.4 is 10.9 Å². The van der Waals surface area contributed by atoms with Gasteiger partial charge in [-0.3, -0.25) is 9.59 Å². The van der Waals surface area contributed by atoms with E-state index in [9.17, 15) is 9.59 Å². The third kappa shape index (κ3) is 3.82. The van der Waals surface area contributed by atoms with Crippen LogP contribution in [0, 0.1) is 0 Å². The molecule has 28 heavy (non-hydrogen) atoms. The van der Waals surface area contributed by atoms with Crippen molar-refractivity contribution in [2.45, 2.75) is 6.54 Å². The largest absolute Gasteiger partial charge is 0.321 e. The Morgan fingerprint density at radius 1 is 0.929 bits per heavy atom. The van der Waals surface area contributed by atoms with Gasteiger partial charge in [0, 0.05) is 28.4 Å². The van der Waals surface area contributed by atoms with Crippen LogP contribution >= 0.6 is 11.6 Å². The van der Waals surface area contributed by atoms with Crippen molar-refractivity contribution in [3.8, 4) is 0 Å². The molecule has 0 unspecified atom stereocenters. The van der Waals surface area contributed by atoms with Crippen molar-refractivity contribution in [1.29, 1.82) is 0 Å². The molecular formula is C23H17ClN2O2. The second kappa shape index (κ2) is 7.71. The number of halogens is 1. The van der Waals surface area contributed by atoms with Crippen LogP contribution in [0.15, 0.2) is 89.9 Å². The Morgan fingerprint density at radius 3 is 2.57 bits per heavy atom. The fourth-order valence-electron chi connectivity index (χ4n) is 3.15. The molecule has 1 amide bonds. The summed E-state index contributed by atoms with van der Waals surface area (Å²) in [5, 5.41) is 5.56. The summed E-state index contributed by atoms with van der Waals surface area (Å²) in [5.74, 6) is -0.267. The number of amides is 1. The zero-order chi connectivity index (χ0) is 19.5. The van der Waals surface area contributed by atoms with Gasteiger partial charge in [0.25, 0.3) is 11.5 Å². The predicted octanol–water partition coefficient (Wildman–Crippen LogP) is 4.96. The van der Waals surface area contributed by atoms with Crippen molar-refractivity contribution < 1.29 is 4.79 Å². The van der Waals surface area contributed by atoms with E-state index in [1.807, 2.05) is 54.6 Å². The van der Waals surface area contributed by atoms with Crippen molar-refractivity contribution in [3.05, 3.63) is 112 Å². The number of aromatic nitrogens is 1. The van der Waals surface area contributed by atoms with Crippen LogP contribution in [0.5, 0.6) is 0 Å². The maximum Gasteiger partial charge on any atom is 0.257 e. The molecule has 1 N–H and O–H groups in total. The summed E-state index contributed by atoms with van der Waals surface area (Å²) in [6.07, 6.45) is 1.57. The highest BCUT2D eigenvalue weighted by atomic mass is 35.5. The molecule has 0 atom stereocenters. The lowest BCUT2D eigenvalue weighted by Gasteiger charge is -2.11. The lowest BCUT2D eigenvalue weighted by atomic mass is 10.1. The molecule has 0 fully saturated rings. The Bertz CT molecular complexity index is 1230. The van der Waals surface area contributed by atoms with E-state index in [0.717, 1.165) is 22.0 Å². The molecule has 1 heterocycles. The monoisotopic (exact) mass is 388 g/mol. The van der Waals surface area contributed by atoms with Gasteiger partial charge in [0.05, 0.1) is 12.1 Å². The molecule has 4 aromatic rings. The van der Waals surface area contributed by atoms with Gasteiger partial charge in [0.1, 0.15) is 0 Å². The first-order valence-corrected chi connectivity index (χ1v) is 9.22. The summed E-state index contributed by atoms with van der Waals surface area (Å²) in [4.78, 5) is 25.0. The van der Waals surface area contributed by atoms with Gasteiger partial charge in [-0.1, -0.05) is 60.1 Å². The van der Waals surface area contributed by atoms with E-state index in [1.165, 1.54) is 16.7 Å². The van der Waals surface area contributed by atoms with E-state index in [4.69, 9.17) is 11.6 Å². The summed E-state index contributed by atoms with van der Waals surface area (Å²) >= 11 is 6.02. The molecule has 138 valence electrons. The SMILES string of the molecule is O=C(Nc1cccc2ccccc12)c1ccc(=O)n(Cc2cccc(Cl)c2)c1. The minimum atomic E-state index is -0.267. The Morgan fingerprint density at radius 2 is 1.71 bits per heavy atom. The number of nitrogens with one attached hydrogen (secondary N) is 1. The van der Waals surface area contributed by atoms with Gasteiger partial charge >= 0.3 is 0 Å². The number of pyridine rings is 1. The molecule has 0 bridgehead atoms. The molecule has 0 aliphatic rings. The second-order valence-corrected chi connectivity index (χ2v) is 6.93. The number of nitrogens with zero attached hydrogens (tertiary/aromatic N) is 1. The van der Waals surface area contributed by atoms with E-state index in [0.29, 0.717) is 17.1 Å². The number of anilines is 1. The Labute approximate surface area is 167 Å². The molecule has 0 saturated carbocycles. The predicted molar refractivity (Wildman–Crippen MR) is 113 cm³/mol. The van der Waals surface area contributed by atoms with Crippen LogP contribution in [0.4, 0.5) is 5.69 Å². The Hall–Kier alpha value is -3.37. The smallest absolute Gasteiger partial charge is 0.257 e. The summed E-state index contributed by atoms with van der Waals surface area (Å²) < 4.78 is 1.50. The number of rotatable bonds is 4. The fourth-order valence-corrected chi connectivity index (χ4v) is 3.36. The van der Waals surface area contributed by atoms with Crippen LogP contribution in [0.25, 0.3) is 10.8 Å². The fraction of sp³-hybridized carbons (Fsp3) is 0.0435. The molecule has 4 rings (SSSR count). The molecule has 3 aromatic carbocycles. The highest BCUT2D eigenvalue weighted by Gasteiger charge is 2.10. The molecular weight excluding hydrogens is 372 g/mol. The van der Waals surface area contributed by atoms with Crippen molar-refractivity contribution >= 4 is 34.0 Å². The molecule has 4 nitrogen and oxygen atoms in total. The van der Waals surface area contributed by atoms with E-state index >= 15 is 0 Å². The van der Waals surface area contributed by atoms with Crippen molar-refractivity contribution in [2.24, 2.45) is 0 Å². The zero-order valence-electron chi connectivity index (χ0n) is 14.9. The molecule has 5 heteroatoms. The van der Waals surface area contributed by atoms with Crippen LogP contribution in [0.1, 0.15) is 15.9 Å². The van der Waals surface area contributed by atoms with Gasteiger partial charge in [-0.25, -0.2) is 0 Å². The van der Waals surface area contributed by atoms with Crippen LogP contribution in [0.2, 0.25) is 5.02 Å². The Kier molecular flexibility index (Phi) is 4.96. The quantitative estimate of drug-likeness (QED) is 0.537. The highest BCUT2D eigenvalue weighted by molar-refractivity contribution is 6.30. The third-order valence-corrected chi connectivity index (χ3v) is 4.76. The number of hydrogen-bond acceptors (Lipinski definition) is 2. The minimum Gasteiger partial charge on any atom is -0.321 e. The summed E-state index contributed by atoms with van der Waals surface area (Å²) in [6.45, 7) is 0.342. The molecule has 0 radical (unpaired) electrons. The van der Waals surface area contributed by atoms with Crippen molar-refractivity contribution in [1.82, 2.24) is 4.57 Å². The van der Waals surface area contributed by atoms with Crippen LogP contribution in [0.3, 0.4) is 0 Å². The highest BCUT2D eigenvalue weighted by Crippen LogP contribution is 2.23. The lowest BCUT2D eigenvalue weighted by molar-refractivity contribution is 0.102. The normalized spacial score (nSPS) is 10.8. The van der Waals surface area contributed by atoms with Crippen LogP contribution in [-0.2, 0) is 6.54 Å². The molecule has 0 spiro atoms. The molecule has 0 saturated heterocycles. The van der Waals surface area contributed by atoms with Crippen molar-refractivity contribution in [2.75, 3.05) is 5.32 Å². The summed E-state index contributed by atoms with van der Waals surface area (Å²) in [6, 6.07) is 23.9. The number of benzene rings is 3.